The van der Waals surface area contributed by atoms with Gasteiger partial charge in [0.15, 0.2) is 0 Å². The summed E-state index contributed by atoms with van der Waals surface area (Å²) in [6.45, 7) is 12.2. The molecule has 1 aliphatic heterocycles. The van der Waals surface area contributed by atoms with Gasteiger partial charge in [0.25, 0.3) is 0 Å². The molecule has 0 saturated carbocycles. The fourth-order valence-corrected chi connectivity index (χ4v) is 2.36. The molecule has 2 unspecified atom stereocenters. The Kier molecular flexibility index (Phi) is 4.23. The number of rotatable bonds is 1. The Morgan fingerprint density at radius 3 is 2.26 bits per heavy atom. The smallest absolute Gasteiger partial charge is 0.410 e. The van der Waals surface area contributed by atoms with Gasteiger partial charge in [-0.05, 0) is 32.6 Å². The van der Waals surface area contributed by atoms with Gasteiger partial charge in [-0.2, -0.15) is 0 Å². The third-order valence-corrected chi connectivity index (χ3v) is 3.44. The van der Waals surface area contributed by atoms with Crippen molar-refractivity contribution in [1.29, 1.82) is 0 Å². The molecular weight excluding hydrogens is 244 g/mol. The van der Waals surface area contributed by atoms with Crippen molar-refractivity contribution >= 4 is 6.09 Å². The van der Waals surface area contributed by atoms with E-state index in [1.54, 1.807) is 0 Å². The van der Waals surface area contributed by atoms with Crippen molar-refractivity contribution in [2.75, 3.05) is 13.1 Å². The zero-order valence-electron chi connectivity index (χ0n) is 13.0. The van der Waals surface area contributed by atoms with Crippen LogP contribution in [-0.4, -0.2) is 46.4 Å². The molecule has 0 aromatic heterocycles. The van der Waals surface area contributed by atoms with Gasteiger partial charge < -0.3 is 20.5 Å². The lowest BCUT2D eigenvalue weighted by Gasteiger charge is -2.38. The van der Waals surface area contributed by atoms with Crippen LogP contribution in [0.25, 0.3) is 0 Å². The molecule has 112 valence electrons. The van der Waals surface area contributed by atoms with Gasteiger partial charge in [0, 0.05) is 12.6 Å². The summed E-state index contributed by atoms with van der Waals surface area (Å²) in [7, 11) is 0. The first-order valence-electron chi connectivity index (χ1n) is 6.81. The number of β-amino-alcohol motifs (C(OH)–C–C–N with tert-alkyl or cyclic N) is 1. The SMILES string of the molecule is CC(C)(C)OC(=O)N1CCC(O)(C(N)C(C)(C)C)C1. The van der Waals surface area contributed by atoms with Gasteiger partial charge in [-0.3, -0.25) is 0 Å². The van der Waals surface area contributed by atoms with Gasteiger partial charge in [-0.1, -0.05) is 20.8 Å². The summed E-state index contributed by atoms with van der Waals surface area (Å²) < 4.78 is 5.32. The minimum absolute atomic E-state index is 0.210. The maximum absolute atomic E-state index is 12.0. The van der Waals surface area contributed by atoms with Crippen molar-refractivity contribution in [2.45, 2.75) is 65.2 Å². The van der Waals surface area contributed by atoms with E-state index in [4.69, 9.17) is 10.5 Å². The fraction of sp³-hybridized carbons (Fsp3) is 0.929. The van der Waals surface area contributed by atoms with E-state index in [9.17, 15) is 9.90 Å². The Hall–Kier alpha value is -0.810. The summed E-state index contributed by atoms with van der Waals surface area (Å²) in [4.78, 5) is 13.5. The van der Waals surface area contributed by atoms with E-state index >= 15 is 0 Å². The molecule has 5 heteroatoms. The van der Waals surface area contributed by atoms with Crippen molar-refractivity contribution in [2.24, 2.45) is 11.1 Å². The van der Waals surface area contributed by atoms with Crippen LogP contribution in [0.4, 0.5) is 4.79 Å². The van der Waals surface area contributed by atoms with Crippen LogP contribution in [-0.2, 0) is 4.74 Å². The number of hydrogen-bond acceptors (Lipinski definition) is 4. The Bertz CT molecular complexity index is 344. The molecule has 1 aliphatic rings. The normalized spacial score (nSPS) is 26.4. The van der Waals surface area contributed by atoms with Crippen molar-refractivity contribution < 1.29 is 14.6 Å². The summed E-state index contributed by atoms with van der Waals surface area (Å²) in [5.74, 6) is 0. The molecule has 1 heterocycles. The number of nitrogens with zero attached hydrogens (tertiary/aromatic N) is 1. The molecule has 0 aromatic rings. The lowest BCUT2D eigenvalue weighted by Crippen LogP contribution is -2.56. The highest BCUT2D eigenvalue weighted by Crippen LogP contribution is 2.33. The molecule has 2 atom stereocenters. The first-order valence-corrected chi connectivity index (χ1v) is 6.81. The van der Waals surface area contributed by atoms with Crippen LogP contribution < -0.4 is 5.73 Å². The molecule has 1 rings (SSSR count). The van der Waals surface area contributed by atoms with E-state index in [2.05, 4.69) is 0 Å². The predicted molar refractivity (Wildman–Crippen MR) is 74.8 cm³/mol. The third-order valence-electron chi connectivity index (χ3n) is 3.44. The quantitative estimate of drug-likeness (QED) is 0.762. The topological polar surface area (TPSA) is 75.8 Å². The molecule has 1 saturated heterocycles. The molecule has 3 N–H and O–H groups in total. The van der Waals surface area contributed by atoms with Crippen LogP contribution in [0.3, 0.4) is 0 Å². The van der Waals surface area contributed by atoms with Crippen LogP contribution >= 0.6 is 0 Å². The molecule has 0 aliphatic carbocycles. The number of aliphatic hydroxyl groups is 1. The first kappa shape index (κ1) is 16.2. The second-order valence-corrected chi connectivity index (χ2v) is 7.60. The molecule has 0 bridgehead atoms. The fourth-order valence-electron chi connectivity index (χ4n) is 2.36. The van der Waals surface area contributed by atoms with E-state index in [0.717, 1.165) is 0 Å². The summed E-state index contributed by atoms with van der Waals surface area (Å²) in [5.41, 5.74) is 4.39. The second-order valence-electron chi connectivity index (χ2n) is 7.60. The third kappa shape index (κ3) is 4.08. The predicted octanol–water partition coefficient (Wildman–Crippen LogP) is 1.73. The van der Waals surface area contributed by atoms with Crippen LogP contribution in [0.5, 0.6) is 0 Å². The maximum Gasteiger partial charge on any atom is 0.410 e. The van der Waals surface area contributed by atoms with Crippen molar-refractivity contribution in [3.8, 4) is 0 Å². The highest BCUT2D eigenvalue weighted by molar-refractivity contribution is 5.68. The monoisotopic (exact) mass is 272 g/mol. The summed E-state index contributed by atoms with van der Waals surface area (Å²) in [6.07, 6.45) is 0.106. The van der Waals surface area contributed by atoms with Gasteiger partial charge in [-0.25, -0.2) is 4.79 Å². The standard InChI is InChI=1S/C14H28N2O3/c1-12(2,3)10(15)14(18)7-8-16(9-14)11(17)19-13(4,5)6/h10,18H,7-9,15H2,1-6H3. The number of carbonyl (C=O) groups is 1. The van der Waals surface area contributed by atoms with Gasteiger partial charge in [0.1, 0.15) is 5.60 Å². The Morgan fingerprint density at radius 2 is 1.84 bits per heavy atom. The molecule has 0 spiro atoms. The lowest BCUT2D eigenvalue weighted by molar-refractivity contribution is -0.0177. The number of nitrogens with two attached hydrogens (primary N) is 1. The van der Waals surface area contributed by atoms with Gasteiger partial charge in [-0.15, -0.1) is 0 Å². The number of likely N-dealkylation sites (tertiary alicyclic amines) is 1. The molecule has 0 aromatic carbocycles. The highest BCUT2D eigenvalue weighted by Gasteiger charge is 2.47. The average molecular weight is 272 g/mol. The van der Waals surface area contributed by atoms with Crippen molar-refractivity contribution in [3.63, 3.8) is 0 Å². The van der Waals surface area contributed by atoms with Crippen molar-refractivity contribution in [1.82, 2.24) is 4.90 Å². The second kappa shape index (κ2) is 4.94. The number of carbonyl (C=O) groups excluding carboxylic acids is 1. The Balaban J connectivity index is 2.70. The highest BCUT2D eigenvalue weighted by atomic mass is 16.6. The van der Waals surface area contributed by atoms with Crippen LogP contribution in [0.2, 0.25) is 0 Å². The minimum atomic E-state index is -1.03. The number of ether oxygens (including phenoxy) is 1. The molecule has 5 nitrogen and oxygen atoms in total. The molecule has 0 radical (unpaired) electrons. The summed E-state index contributed by atoms with van der Waals surface area (Å²) in [5, 5.41) is 10.6. The van der Waals surface area contributed by atoms with E-state index in [1.165, 1.54) is 4.90 Å². The first-order chi connectivity index (χ1) is 8.35. The lowest BCUT2D eigenvalue weighted by atomic mass is 9.76. The summed E-state index contributed by atoms with van der Waals surface area (Å²) >= 11 is 0. The molecular formula is C14H28N2O3. The summed E-state index contributed by atoms with van der Waals surface area (Å²) in [6, 6.07) is -0.382. The van der Waals surface area contributed by atoms with E-state index < -0.39 is 11.2 Å². The van der Waals surface area contributed by atoms with E-state index in [-0.39, 0.29) is 24.1 Å². The average Bonchev–Trinajstić information content (AvgIpc) is 2.57. The molecule has 19 heavy (non-hydrogen) atoms. The van der Waals surface area contributed by atoms with E-state index in [1.807, 2.05) is 41.5 Å². The molecule has 1 fully saturated rings. The number of hydrogen-bond donors (Lipinski definition) is 2. The van der Waals surface area contributed by atoms with Crippen LogP contribution in [0.15, 0.2) is 0 Å². The zero-order valence-corrected chi connectivity index (χ0v) is 13.0. The minimum Gasteiger partial charge on any atom is -0.444 e. The van der Waals surface area contributed by atoms with Crippen molar-refractivity contribution in [3.05, 3.63) is 0 Å². The maximum atomic E-state index is 12.0. The number of amides is 1. The zero-order chi connectivity index (χ0) is 15.1. The van der Waals surface area contributed by atoms with Gasteiger partial charge in [0.05, 0.1) is 12.1 Å². The Labute approximate surface area is 116 Å². The largest absolute Gasteiger partial charge is 0.444 e. The Morgan fingerprint density at radius 1 is 1.32 bits per heavy atom. The van der Waals surface area contributed by atoms with Gasteiger partial charge >= 0.3 is 6.09 Å². The molecule has 1 amide bonds. The van der Waals surface area contributed by atoms with Crippen LogP contribution in [0.1, 0.15) is 48.0 Å². The van der Waals surface area contributed by atoms with Crippen LogP contribution in [0, 0.1) is 5.41 Å². The van der Waals surface area contributed by atoms with Gasteiger partial charge in [0.2, 0.25) is 0 Å². The van der Waals surface area contributed by atoms with E-state index in [0.29, 0.717) is 13.0 Å².